The summed E-state index contributed by atoms with van der Waals surface area (Å²) < 4.78 is 40.4. The summed E-state index contributed by atoms with van der Waals surface area (Å²) in [6.07, 6.45) is -4.85. The van der Waals surface area contributed by atoms with Crippen LogP contribution in [0.5, 0.6) is 5.88 Å². The van der Waals surface area contributed by atoms with Gasteiger partial charge in [0.05, 0.1) is 7.11 Å². The molecule has 1 aromatic rings. The number of aromatic nitrogens is 1. The smallest absolute Gasteiger partial charge is 0.389 e. The van der Waals surface area contributed by atoms with Gasteiger partial charge in [-0.25, -0.2) is 0 Å². The van der Waals surface area contributed by atoms with E-state index < -0.39 is 12.6 Å². The average molecular weight is 234 g/mol. The third-order valence-electron chi connectivity index (χ3n) is 1.88. The number of ether oxygens (including phenoxy) is 1. The number of methoxy groups -OCH3 is 1. The highest BCUT2D eigenvalue weighted by atomic mass is 19.4. The fourth-order valence-electron chi connectivity index (χ4n) is 1.13. The number of hydrogen-bond donors (Lipinski definition) is 1. The van der Waals surface area contributed by atoms with Crippen molar-refractivity contribution in [3.8, 4) is 5.88 Å². The lowest BCUT2D eigenvalue weighted by molar-refractivity contribution is -0.134. The Bertz CT molecular complexity index is 328. The number of pyridine rings is 1. The zero-order valence-corrected chi connectivity index (χ0v) is 8.84. The summed E-state index contributed by atoms with van der Waals surface area (Å²) in [6.45, 7) is 0.236. The van der Waals surface area contributed by atoms with Gasteiger partial charge in [-0.05, 0) is 12.5 Å². The molecule has 0 amide bonds. The van der Waals surface area contributed by atoms with Gasteiger partial charge in [0, 0.05) is 19.0 Å². The summed E-state index contributed by atoms with van der Waals surface area (Å²) in [6, 6.07) is 5.06. The summed E-state index contributed by atoms with van der Waals surface area (Å²) in [5.74, 6) is 0.947. The van der Waals surface area contributed by atoms with Crippen molar-refractivity contribution in [3.63, 3.8) is 0 Å². The van der Waals surface area contributed by atoms with Gasteiger partial charge in [-0.15, -0.1) is 0 Å². The first-order valence-electron chi connectivity index (χ1n) is 4.83. The maximum Gasteiger partial charge on any atom is 0.389 e. The number of hydrogen-bond acceptors (Lipinski definition) is 3. The van der Waals surface area contributed by atoms with E-state index in [9.17, 15) is 13.2 Å². The number of anilines is 1. The van der Waals surface area contributed by atoms with E-state index in [1.807, 2.05) is 0 Å². The van der Waals surface area contributed by atoms with E-state index in [2.05, 4.69) is 10.3 Å². The predicted octanol–water partition coefficient (Wildman–Crippen LogP) is 2.84. The SMILES string of the molecule is COc1cccc(NCCCC(F)(F)F)n1. The lowest BCUT2D eigenvalue weighted by Gasteiger charge is -2.08. The van der Waals surface area contributed by atoms with Crippen molar-refractivity contribution in [1.29, 1.82) is 0 Å². The molecule has 0 atom stereocenters. The number of nitrogens with zero attached hydrogens (tertiary/aromatic N) is 1. The third-order valence-corrected chi connectivity index (χ3v) is 1.88. The lowest BCUT2D eigenvalue weighted by atomic mass is 10.3. The number of rotatable bonds is 5. The van der Waals surface area contributed by atoms with E-state index in [1.54, 1.807) is 18.2 Å². The molecule has 1 heterocycles. The van der Waals surface area contributed by atoms with E-state index in [1.165, 1.54) is 7.11 Å². The fourth-order valence-corrected chi connectivity index (χ4v) is 1.13. The van der Waals surface area contributed by atoms with Gasteiger partial charge < -0.3 is 10.1 Å². The monoisotopic (exact) mass is 234 g/mol. The Morgan fingerprint density at radius 1 is 1.38 bits per heavy atom. The normalized spacial score (nSPS) is 11.2. The Hall–Kier alpha value is -1.46. The second kappa shape index (κ2) is 5.58. The van der Waals surface area contributed by atoms with E-state index in [-0.39, 0.29) is 13.0 Å². The predicted molar refractivity (Wildman–Crippen MR) is 54.6 cm³/mol. The van der Waals surface area contributed by atoms with Gasteiger partial charge >= 0.3 is 6.18 Å². The van der Waals surface area contributed by atoms with Crippen molar-refractivity contribution < 1.29 is 17.9 Å². The van der Waals surface area contributed by atoms with Crippen LogP contribution in [0.3, 0.4) is 0 Å². The minimum absolute atomic E-state index is 0.0301. The molecular formula is C10H13F3N2O. The van der Waals surface area contributed by atoms with Crippen LogP contribution in [0.25, 0.3) is 0 Å². The summed E-state index contributed by atoms with van der Waals surface area (Å²) >= 11 is 0. The quantitative estimate of drug-likeness (QED) is 0.795. The van der Waals surface area contributed by atoms with Crippen LogP contribution in [0.1, 0.15) is 12.8 Å². The topological polar surface area (TPSA) is 34.1 Å². The molecule has 0 aromatic carbocycles. The molecule has 0 bridgehead atoms. The van der Waals surface area contributed by atoms with Gasteiger partial charge in [-0.3, -0.25) is 0 Å². The molecule has 1 aromatic heterocycles. The standard InChI is InChI=1S/C10H13F3N2O/c1-16-9-5-2-4-8(15-9)14-7-3-6-10(11,12)13/h2,4-5H,3,6-7H2,1H3,(H,14,15). The van der Waals surface area contributed by atoms with Crippen molar-refractivity contribution in [2.24, 2.45) is 0 Å². The molecule has 90 valence electrons. The maximum atomic E-state index is 11.8. The van der Waals surface area contributed by atoms with Gasteiger partial charge in [-0.2, -0.15) is 18.2 Å². The van der Waals surface area contributed by atoms with Crippen LogP contribution in [0.2, 0.25) is 0 Å². The Morgan fingerprint density at radius 2 is 2.12 bits per heavy atom. The molecular weight excluding hydrogens is 221 g/mol. The third kappa shape index (κ3) is 4.86. The maximum absolute atomic E-state index is 11.8. The van der Waals surface area contributed by atoms with Crippen LogP contribution in [0.15, 0.2) is 18.2 Å². The van der Waals surface area contributed by atoms with Gasteiger partial charge in [0.25, 0.3) is 0 Å². The summed E-state index contributed by atoms with van der Waals surface area (Å²) in [5.41, 5.74) is 0. The van der Waals surface area contributed by atoms with Crippen molar-refractivity contribution in [2.45, 2.75) is 19.0 Å². The van der Waals surface area contributed by atoms with Gasteiger partial charge in [-0.1, -0.05) is 6.07 Å². The first kappa shape index (κ1) is 12.6. The lowest BCUT2D eigenvalue weighted by Crippen LogP contribution is -2.11. The largest absolute Gasteiger partial charge is 0.481 e. The highest BCUT2D eigenvalue weighted by Crippen LogP contribution is 2.21. The number of halogens is 3. The Labute approximate surface area is 91.6 Å². The van der Waals surface area contributed by atoms with Crippen LogP contribution < -0.4 is 10.1 Å². The van der Waals surface area contributed by atoms with E-state index in [0.717, 1.165) is 0 Å². The molecule has 1 rings (SSSR count). The summed E-state index contributed by atoms with van der Waals surface area (Å²) in [5, 5.41) is 2.80. The Balaban J connectivity index is 2.32. The highest BCUT2D eigenvalue weighted by molar-refractivity contribution is 5.36. The molecule has 16 heavy (non-hydrogen) atoms. The molecule has 6 heteroatoms. The molecule has 0 unspecified atom stereocenters. The molecule has 0 fully saturated rings. The second-order valence-electron chi connectivity index (χ2n) is 3.21. The highest BCUT2D eigenvalue weighted by Gasteiger charge is 2.25. The van der Waals surface area contributed by atoms with Crippen LogP contribution in [0.4, 0.5) is 19.0 Å². The molecule has 0 aliphatic carbocycles. The second-order valence-corrected chi connectivity index (χ2v) is 3.21. The first-order valence-corrected chi connectivity index (χ1v) is 4.83. The van der Waals surface area contributed by atoms with E-state index in [4.69, 9.17) is 4.74 Å². The first-order chi connectivity index (χ1) is 7.51. The van der Waals surface area contributed by atoms with Crippen molar-refractivity contribution >= 4 is 5.82 Å². The van der Waals surface area contributed by atoms with Crippen molar-refractivity contribution in [3.05, 3.63) is 18.2 Å². The van der Waals surface area contributed by atoms with Gasteiger partial charge in [0.15, 0.2) is 0 Å². The molecule has 0 aliphatic rings. The molecule has 0 radical (unpaired) electrons. The van der Waals surface area contributed by atoms with E-state index >= 15 is 0 Å². The molecule has 0 saturated heterocycles. The zero-order chi connectivity index (χ0) is 12.0. The van der Waals surface area contributed by atoms with Crippen LogP contribution >= 0.6 is 0 Å². The minimum Gasteiger partial charge on any atom is -0.481 e. The Morgan fingerprint density at radius 3 is 2.75 bits per heavy atom. The fraction of sp³-hybridized carbons (Fsp3) is 0.500. The molecule has 0 spiro atoms. The minimum atomic E-state index is -4.09. The molecule has 1 N–H and O–H groups in total. The molecule has 0 saturated carbocycles. The van der Waals surface area contributed by atoms with Crippen molar-refractivity contribution in [2.75, 3.05) is 19.0 Å². The average Bonchev–Trinajstić information content (AvgIpc) is 2.23. The molecule has 3 nitrogen and oxygen atoms in total. The molecule has 0 aliphatic heterocycles. The summed E-state index contributed by atoms with van der Waals surface area (Å²) in [4.78, 5) is 4.01. The van der Waals surface area contributed by atoms with Gasteiger partial charge in [0.2, 0.25) is 5.88 Å². The van der Waals surface area contributed by atoms with Crippen molar-refractivity contribution in [1.82, 2.24) is 4.98 Å². The van der Waals surface area contributed by atoms with Crippen LogP contribution in [-0.2, 0) is 0 Å². The zero-order valence-electron chi connectivity index (χ0n) is 8.84. The van der Waals surface area contributed by atoms with Gasteiger partial charge in [0.1, 0.15) is 5.82 Å². The number of nitrogens with one attached hydrogen (secondary N) is 1. The van der Waals surface area contributed by atoms with Crippen LogP contribution in [0, 0.1) is 0 Å². The Kier molecular flexibility index (Phi) is 4.39. The number of alkyl halides is 3. The van der Waals surface area contributed by atoms with E-state index in [0.29, 0.717) is 11.7 Å². The summed E-state index contributed by atoms with van der Waals surface area (Å²) in [7, 11) is 1.48. The van der Waals surface area contributed by atoms with Crippen LogP contribution in [-0.4, -0.2) is 24.8 Å².